The van der Waals surface area contributed by atoms with E-state index in [0.717, 1.165) is 59.2 Å². The van der Waals surface area contributed by atoms with E-state index in [2.05, 4.69) is 38.7 Å². The highest BCUT2D eigenvalue weighted by atomic mass is 35.5. The smallest absolute Gasteiger partial charge is 0.328 e. The SMILES string of the molecule is Cn1nc(C2CCC(=O)NC2=O)c2ccc(C3CCN(Cc4ncc(Cl)c(Nc5ccc6c(c5)n(CCC(C)(C)O)c(=O)n6C)n4)CC3)cc21. The first kappa shape index (κ1) is 33.9. The minimum absolute atomic E-state index is 0.135. The number of hydrogen-bond acceptors (Lipinski definition) is 9. The first-order valence-electron chi connectivity index (χ1n) is 17.1. The third-order valence-electron chi connectivity index (χ3n) is 10.0. The van der Waals surface area contributed by atoms with E-state index in [0.29, 0.717) is 54.9 Å². The number of imidazole rings is 1. The zero-order valence-corrected chi connectivity index (χ0v) is 29.5. The van der Waals surface area contributed by atoms with Gasteiger partial charge in [0.1, 0.15) is 10.8 Å². The summed E-state index contributed by atoms with van der Waals surface area (Å²) in [6, 6.07) is 12.1. The van der Waals surface area contributed by atoms with E-state index in [1.54, 1.807) is 36.2 Å². The highest BCUT2D eigenvalue weighted by Gasteiger charge is 2.32. The van der Waals surface area contributed by atoms with Gasteiger partial charge >= 0.3 is 5.69 Å². The summed E-state index contributed by atoms with van der Waals surface area (Å²) in [5.74, 6) is 0.628. The number of nitrogens with one attached hydrogen (secondary N) is 2. The number of aromatic nitrogens is 6. The lowest BCUT2D eigenvalue weighted by Gasteiger charge is -2.31. The van der Waals surface area contributed by atoms with Crippen LogP contribution in [-0.2, 0) is 36.8 Å². The zero-order valence-electron chi connectivity index (χ0n) is 28.7. The van der Waals surface area contributed by atoms with Crippen molar-refractivity contribution in [2.24, 2.45) is 14.1 Å². The molecule has 50 heavy (non-hydrogen) atoms. The van der Waals surface area contributed by atoms with Crippen LogP contribution in [0.4, 0.5) is 11.5 Å². The number of halogens is 1. The Morgan fingerprint density at radius 2 is 1.80 bits per heavy atom. The van der Waals surface area contributed by atoms with Gasteiger partial charge in [0.05, 0.1) is 46.5 Å². The molecule has 2 amide bonds. The Bertz CT molecular complexity index is 2170. The van der Waals surface area contributed by atoms with Crippen LogP contribution < -0.4 is 16.3 Å². The fourth-order valence-corrected chi connectivity index (χ4v) is 7.32. The second-order valence-electron chi connectivity index (χ2n) is 14.2. The number of nitrogens with zero attached hydrogens (tertiary/aromatic N) is 7. The molecule has 0 saturated carbocycles. The van der Waals surface area contributed by atoms with Gasteiger partial charge in [0.2, 0.25) is 11.8 Å². The lowest BCUT2D eigenvalue weighted by Crippen LogP contribution is -2.39. The van der Waals surface area contributed by atoms with Crippen LogP contribution in [0, 0.1) is 0 Å². The van der Waals surface area contributed by atoms with Gasteiger partial charge in [-0.15, -0.1) is 0 Å². The summed E-state index contributed by atoms with van der Waals surface area (Å²) in [7, 11) is 3.65. The monoisotopic (exact) mass is 699 g/mol. The molecule has 2 fully saturated rings. The zero-order chi connectivity index (χ0) is 35.3. The first-order valence-corrected chi connectivity index (χ1v) is 17.4. The van der Waals surface area contributed by atoms with Crippen LogP contribution in [0.1, 0.15) is 74.9 Å². The minimum atomic E-state index is -0.892. The van der Waals surface area contributed by atoms with E-state index in [9.17, 15) is 19.5 Å². The van der Waals surface area contributed by atoms with Crippen molar-refractivity contribution >= 4 is 56.9 Å². The van der Waals surface area contributed by atoms with Crippen molar-refractivity contribution < 1.29 is 14.7 Å². The summed E-state index contributed by atoms with van der Waals surface area (Å²) in [6.07, 6.45) is 4.82. The number of carbonyl (C=O) groups excluding carboxylic acids is 2. The predicted octanol–water partition coefficient (Wildman–Crippen LogP) is 4.47. The Labute approximate surface area is 294 Å². The molecule has 5 heterocycles. The maximum Gasteiger partial charge on any atom is 0.328 e. The van der Waals surface area contributed by atoms with E-state index in [1.807, 2.05) is 29.9 Å². The standard InChI is InChI=1S/C36H42ClN9O4/c1-36(2,50)13-16-46-29-18-23(6-9-27(29)43(3)35(46)49)39-33-26(37)19-38-30(40-33)20-45-14-11-21(12-15-45)22-5-7-24-28(17-22)44(4)42-32(24)25-8-10-31(47)41-34(25)48/h5-7,9,17-19,21,25,50H,8,10-16,20H2,1-4H3,(H,38,39,40)(H,41,47,48). The molecule has 0 aliphatic carbocycles. The maximum absolute atomic E-state index is 13.0. The molecule has 14 heteroatoms. The second kappa shape index (κ2) is 13.3. The Morgan fingerprint density at radius 3 is 2.54 bits per heavy atom. The number of imide groups is 1. The van der Waals surface area contributed by atoms with Crippen LogP contribution in [0.5, 0.6) is 0 Å². The topological polar surface area (TPSA) is 152 Å². The van der Waals surface area contributed by atoms with Crippen molar-refractivity contribution in [3.05, 3.63) is 75.2 Å². The van der Waals surface area contributed by atoms with Crippen LogP contribution in [-0.4, -0.2) is 69.4 Å². The lowest BCUT2D eigenvalue weighted by atomic mass is 9.88. The third kappa shape index (κ3) is 6.77. The van der Waals surface area contributed by atoms with Gasteiger partial charge in [0, 0.05) is 38.1 Å². The van der Waals surface area contributed by atoms with Crippen molar-refractivity contribution in [1.29, 1.82) is 0 Å². The van der Waals surface area contributed by atoms with Crippen molar-refractivity contribution in [2.45, 2.75) is 76.5 Å². The van der Waals surface area contributed by atoms with Crippen LogP contribution in [0.15, 0.2) is 47.4 Å². The molecule has 0 radical (unpaired) electrons. The number of benzene rings is 2. The Balaban J connectivity index is 1.01. The van der Waals surface area contributed by atoms with Gasteiger partial charge in [0.25, 0.3) is 0 Å². The number of amides is 2. The average molecular weight is 700 g/mol. The Kier molecular flexibility index (Phi) is 8.99. The number of aryl methyl sites for hydroxylation is 3. The molecule has 2 aliphatic rings. The maximum atomic E-state index is 13.0. The molecular formula is C36H42ClN9O4. The number of carbonyl (C=O) groups is 2. The van der Waals surface area contributed by atoms with E-state index in [-0.39, 0.29) is 17.5 Å². The number of hydrogen-bond donors (Lipinski definition) is 3. The Hall–Kier alpha value is -4.59. The molecule has 7 rings (SSSR count). The summed E-state index contributed by atoms with van der Waals surface area (Å²) in [6.45, 7) is 6.22. The number of rotatable bonds is 9. The largest absolute Gasteiger partial charge is 0.390 e. The number of piperidine rings is 2. The van der Waals surface area contributed by atoms with E-state index < -0.39 is 11.5 Å². The molecule has 1 unspecified atom stereocenters. The molecule has 13 nitrogen and oxygen atoms in total. The van der Waals surface area contributed by atoms with Gasteiger partial charge in [-0.3, -0.25) is 33.6 Å². The second-order valence-corrected chi connectivity index (χ2v) is 14.6. The fourth-order valence-electron chi connectivity index (χ4n) is 7.19. The normalized spacial score (nSPS) is 17.9. The number of aliphatic hydroxyl groups is 1. The lowest BCUT2D eigenvalue weighted by molar-refractivity contribution is -0.134. The third-order valence-corrected chi connectivity index (χ3v) is 10.3. The van der Waals surface area contributed by atoms with E-state index in [1.165, 1.54) is 5.56 Å². The van der Waals surface area contributed by atoms with Crippen molar-refractivity contribution in [1.82, 2.24) is 39.1 Å². The minimum Gasteiger partial charge on any atom is -0.390 e. The number of likely N-dealkylation sites (tertiary alicyclic amines) is 1. The van der Waals surface area contributed by atoms with E-state index in [4.69, 9.17) is 21.7 Å². The molecular weight excluding hydrogens is 658 g/mol. The van der Waals surface area contributed by atoms with Crippen molar-refractivity contribution in [3.8, 4) is 0 Å². The molecule has 5 aromatic rings. The van der Waals surface area contributed by atoms with Gasteiger partial charge in [-0.25, -0.2) is 14.8 Å². The molecule has 0 spiro atoms. The van der Waals surface area contributed by atoms with Gasteiger partial charge in [0.15, 0.2) is 5.82 Å². The van der Waals surface area contributed by atoms with Crippen molar-refractivity contribution in [3.63, 3.8) is 0 Å². The number of anilines is 2. The average Bonchev–Trinajstić information content (AvgIpc) is 3.52. The van der Waals surface area contributed by atoms with E-state index >= 15 is 0 Å². The van der Waals surface area contributed by atoms with Gasteiger partial charge in [-0.2, -0.15) is 5.10 Å². The molecule has 0 bridgehead atoms. The molecule has 2 saturated heterocycles. The van der Waals surface area contributed by atoms with Gasteiger partial charge in [-0.1, -0.05) is 23.7 Å². The molecule has 262 valence electrons. The Morgan fingerprint density at radius 1 is 1.02 bits per heavy atom. The fraction of sp³-hybridized carbons (Fsp3) is 0.444. The van der Waals surface area contributed by atoms with Crippen LogP contribution in [0.25, 0.3) is 21.9 Å². The van der Waals surface area contributed by atoms with Crippen molar-refractivity contribution in [2.75, 3.05) is 18.4 Å². The van der Waals surface area contributed by atoms with Gasteiger partial charge in [-0.05, 0) is 88.4 Å². The molecule has 3 aromatic heterocycles. The molecule has 3 N–H and O–H groups in total. The molecule has 2 aromatic carbocycles. The summed E-state index contributed by atoms with van der Waals surface area (Å²) < 4.78 is 5.13. The quantitative estimate of drug-likeness (QED) is 0.189. The molecule has 1 atom stereocenters. The van der Waals surface area contributed by atoms with Crippen LogP contribution in [0.2, 0.25) is 5.02 Å². The summed E-state index contributed by atoms with van der Waals surface area (Å²) in [4.78, 5) is 48.8. The van der Waals surface area contributed by atoms with Crippen LogP contribution in [0.3, 0.4) is 0 Å². The highest BCUT2D eigenvalue weighted by Crippen LogP contribution is 2.35. The summed E-state index contributed by atoms with van der Waals surface area (Å²) >= 11 is 6.54. The first-order chi connectivity index (χ1) is 23.8. The molecule has 2 aliphatic heterocycles. The predicted molar refractivity (Wildman–Crippen MR) is 192 cm³/mol. The number of fused-ring (bicyclic) bond motifs is 2. The van der Waals surface area contributed by atoms with Crippen LogP contribution >= 0.6 is 11.6 Å². The summed E-state index contributed by atoms with van der Waals surface area (Å²) in [5.41, 5.74) is 4.24. The highest BCUT2D eigenvalue weighted by molar-refractivity contribution is 6.32. The van der Waals surface area contributed by atoms with Gasteiger partial charge < -0.3 is 10.4 Å². The summed E-state index contributed by atoms with van der Waals surface area (Å²) in [5, 5.41) is 22.1.